The van der Waals surface area contributed by atoms with Crippen LogP contribution in [0.25, 0.3) is 0 Å². The van der Waals surface area contributed by atoms with Gasteiger partial charge >= 0.3 is 0 Å². The van der Waals surface area contributed by atoms with E-state index < -0.39 is 0 Å². The normalized spacial score (nSPS) is 45.8. The zero-order valence-electron chi connectivity index (χ0n) is 7.34. The van der Waals surface area contributed by atoms with Crippen molar-refractivity contribution in [2.45, 2.75) is 31.7 Å². The van der Waals surface area contributed by atoms with Gasteiger partial charge < -0.3 is 10.6 Å². The summed E-state index contributed by atoms with van der Waals surface area (Å²) >= 11 is 0. The molecule has 2 fully saturated rings. The minimum absolute atomic E-state index is 0.536. The zero-order chi connectivity index (χ0) is 7.90. The van der Waals surface area contributed by atoms with Crippen molar-refractivity contribution in [3.63, 3.8) is 0 Å². The molecule has 2 atom stereocenters. The van der Waals surface area contributed by atoms with E-state index in [-0.39, 0.29) is 0 Å². The summed E-state index contributed by atoms with van der Waals surface area (Å²) in [6.07, 6.45) is 5.36. The maximum absolute atomic E-state index is 5.93. The lowest BCUT2D eigenvalue weighted by molar-refractivity contribution is 0.336. The standard InChI is InChI=1S/C9H18N2/c1-11-5-2-3-9(4-6-11)7-8(9)10/h8H,2-7,10H2,1H3. The van der Waals surface area contributed by atoms with E-state index in [4.69, 9.17) is 5.73 Å². The monoisotopic (exact) mass is 154 g/mol. The maximum Gasteiger partial charge on any atom is 0.0102 e. The van der Waals surface area contributed by atoms with Gasteiger partial charge in [0.1, 0.15) is 0 Å². The molecule has 2 rings (SSSR count). The van der Waals surface area contributed by atoms with E-state index in [1.54, 1.807) is 0 Å². The van der Waals surface area contributed by atoms with Gasteiger partial charge in [-0.15, -0.1) is 0 Å². The van der Waals surface area contributed by atoms with Crippen LogP contribution in [0.3, 0.4) is 0 Å². The first-order chi connectivity index (χ1) is 5.23. The SMILES string of the molecule is CN1CCCC2(CC1)CC2N. The van der Waals surface area contributed by atoms with Crippen molar-refractivity contribution >= 4 is 0 Å². The minimum atomic E-state index is 0.536. The topological polar surface area (TPSA) is 29.3 Å². The number of hydrogen-bond acceptors (Lipinski definition) is 2. The van der Waals surface area contributed by atoms with Crippen molar-refractivity contribution in [1.29, 1.82) is 0 Å². The van der Waals surface area contributed by atoms with E-state index in [2.05, 4.69) is 11.9 Å². The molecule has 1 saturated heterocycles. The van der Waals surface area contributed by atoms with Crippen molar-refractivity contribution in [3.8, 4) is 0 Å². The van der Waals surface area contributed by atoms with Gasteiger partial charge in [0.25, 0.3) is 0 Å². The summed E-state index contributed by atoms with van der Waals surface area (Å²) in [4.78, 5) is 2.43. The average molecular weight is 154 g/mol. The van der Waals surface area contributed by atoms with Crippen LogP contribution in [-0.2, 0) is 0 Å². The predicted molar refractivity (Wildman–Crippen MR) is 46.4 cm³/mol. The molecule has 0 radical (unpaired) electrons. The quantitative estimate of drug-likeness (QED) is 0.559. The Bertz CT molecular complexity index is 156. The third-order valence-electron chi connectivity index (χ3n) is 3.46. The molecule has 0 aromatic heterocycles. The molecule has 2 aliphatic rings. The molecular weight excluding hydrogens is 136 g/mol. The highest BCUT2D eigenvalue weighted by molar-refractivity contribution is 5.06. The van der Waals surface area contributed by atoms with Gasteiger partial charge in [-0.25, -0.2) is 0 Å². The molecular formula is C9H18N2. The van der Waals surface area contributed by atoms with Crippen LogP contribution in [0.1, 0.15) is 25.7 Å². The first kappa shape index (κ1) is 7.56. The molecule has 11 heavy (non-hydrogen) atoms. The summed E-state index contributed by atoms with van der Waals surface area (Å²) in [6, 6.07) is 0.536. The first-order valence-corrected chi connectivity index (χ1v) is 4.67. The van der Waals surface area contributed by atoms with E-state index in [0.29, 0.717) is 11.5 Å². The Morgan fingerprint density at radius 3 is 2.73 bits per heavy atom. The molecule has 1 saturated carbocycles. The van der Waals surface area contributed by atoms with Gasteiger partial charge in [0, 0.05) is 6.04 Å². The highest BCUT2D eigenvalue weighted by atomic mass is 15.1. The van der Waals surface area contributed by atoms with Gasteiger partial charge in [0.05, 0.1) is 0 Å². The van der Waals surface area contributed by atoms with Crippen LogP contribution in [0.4, 0.5) is 0 Å². The van der Waals surface area contributed by atoms with Crippen molar-refractivity contribution in [3.05, 3.63) is 0 Å². The molecule has 1 spiro atoms. The fourth-order valence-corrected chi connectivity index (χ4v) is 2.31. The van der Waals surface area contributed by atoms with Crippen molar-refractivity contribution < 1.29 is 0 Å². The van der Waals surface area contributed by atoms with Crippen LogP contribution >= 0.6 is 0 Å². The maximum atomic E-state index is 5.93. The second-order valence-corrected chi connectivity index (χ2v) is 4.33. The molecule has 0 aromatic carbocycles. The highest BCUT2D eigenvalue weighted by Gasteiger charge is 2.51. The summed E-state index contributed by atoms with van der Waals surface area (Å²) in [7, 11) is 2.22. The van der Waals surface area contributed by atoms with E-state index in [1.165, 1.54) is 38.8 Å². The van der Waals surface area contributed by atoms with Crippen molar-refractivity contribution in [1.82, 2.24) is 4.90 Å². The molecule has 1 aliphatic carbocycles. The van der Waals surface area contributed by atoms with Gasteiger partial charge in [-0.2, -0.15) is 0 Å². The Morgan fingerprint density at radius 1 is 1.36 bits per heavy atom. The average Bonchev–Trinajstić information content (AvgIpc) is 2.62. The fraction of sp³-hybridized carbons (Fsp3) is 1.00. The van der Waals surface area contributed by atoms with E-state index in [1.807, 2.05) is 0 Å². The Morgan fingerprint density at radius 2 is 2.09 bits per heavy atom. The van der Waals surface area contributed by atoms with Gasteiger partial charge in [-0.3, -0.25) is 0 Å². The summed E-state index contributed by atoms with van der Waals surface area (Å²) in [5.41, 5.74) is 6.52. The van der Waals surface area contributed by atoms with Crippen LogP contribution in [-0.4, -0.2) is 31.1 Å². The Kier molecular flexibility index (Phi) is 1.69. The van der Waals surface area contributed by atoms with E-state index >= 15 is 0 Å². The largest absolute Gasteiger partial charge is 0.327 e. The number of likely N-dealkylation sites (tertiary alicyclic amines) is 1. The molecule has 64 valence electrons. The number of nitrogens with two attached hydrogens (primary N) is 1. The van der Waals surface area contributed by atoms with Gasteiger partial charge in [0.2, 0.25) is 0 Å². The third kappa shape index (κ3) is 1.30. The summed E-state index contributed by atoms with van der Waals surface area (Å²) in [5, 5.41) is 0. The van der Waals surface area contributed by atoms with Crippen LogP contribution < -0.4 is 5.73 Å². The number of hydrogen-bond donors (Lipinski definition) is 1. The van der Waals surface area contributed by atoms with E-state index in [0.717, 1.165) is 0 Å². The third-order valence-corrected chi connectivity index (χ3v) is 3.46. The molecule has 0 aromatic rings. The van der Waals surface area contributed by atoms with Gasteiger partial charge in [-0.1, -0.05) is 0 Å². The zero-order valence-corrected chi connectivity index (χ0v) is 7.34. The van der Waals surface area contributed by atoms with Gasteiger partial charge in [0.15, 0.2) is 0 Å². The smallest absolute Gasteiger partial charge is 0.0102 e. The highest BCUT2D eigenvalue weighted by Crippen LogP contribution is 2.52. The molecule has 2 unspecified atom stereocenters. The van der Waals surface area contributed by atoms with Crippen molar-refractivity contribution in [2.24, 2.45) is 11.1 Å². The Labute approximate surface area is 68.7 Å². The van der Waals surface area contributed by atoms with Gasteiger partial charge in [-0.05, 0) is 51.2 Å². The molecule has 1 heterocycles. The molecule has 1 aliphatic heterocycles. The molecule has 2 heteroatoms. The van der Waals surface area contributed by atoms with Crippen LogP contribution in [0.2, 0.25) is 0 Å². The lowest BCUT2D eigenvalue weighted by Crippen LogP contribution is -2.20. The first-order valence-electron chi connectivity index (χ1n) is 4.67. The van der Waals surface area contributed by atoms with Crippen molar-refractivity contribution in [2.75, 3.05) is 20.1 Å². The Hall–Kier alpha value is -0.0800. The fourth-order valence-electron chi connectivity index (χ4n) is 2.31. The van der Waals surface area contributed by atoms with Crippen LogP contribution in [0, 0.1) is 5.41 Å². The van der Waals surface area contributed by atoms with Crippen LogP contribution in [0.15, 0.2) is 0 Å². The summed E-state index contributed by atoms with van der Waals surface area (Å²) in [6.45, 7) is 2.53. The second-order valence-electron chi connectivity index (χ2n) is 4.33. The minimum Gasteiger partial charge on any atom is -0.327 e. The lowest BCUT2D eigenvalue weighted by Gasteiger charge is -2.13. The molecule has 0 bridgehead atoms. The number of rotatable bonds is 0. The predicted octanol–water partition coefficient (Wildman–Crippen LogP) is 0.819. The summed E-state index contributed by atoms with van der Waals surface area (Å²) in [5.74, 6) is 0. The molecule has 2 N–H and O–H groups in total. The lowest BCUT2D eigenvalue weighted by atomic mass is 9.97. The molecule has 2 nitrogen and oxygen atoms in total. The number of nitrogens with zero attached hydrogens (tertiary/aromatic N) is 1. The molecule has 0 amide bonds. The summed E-state index contributed by atoms with van der Waals surface area (Å²) < 4.78 is 0. The Balaban J connectivity index is 1.95. The second kappa shape index (κ2) is 2.46. The van der Waals surface area contributed by atoms with Crippen LogP contribution in [0.5, 0.6) is 0 Å². The van der Waals surface area contributed by atoms with E-state index in [9.17, 15) is 0 Å².